The molecule has 3 heterocycles. The van der Waals surface area contributed by atoms with Crippen molar-refractivity contribution >= 4 is 17.6 Å². The number of hydrogen-bond donors (Lipinski definition) is 3. The molecule has 3 rings (SSSR count). The largest absolute Gasteiger partial charge is 0.490 e. The highest BCUT2D eigenvalue weighted by atomic mass is 19.4. The summed E-state index contributed by atoms with van der Waals surface area (Å²) < 4.78 is 75.2. The monoisotopic (exact) mass is 477 g/mol. The number of carboxylic acids is 2. The van der Waals surface area contributed by atoms with Gasteiger partial charge in [-0.15, -0.1) is 0 Å². The molecule has 32 heavy (non-hydrogen) atoms. The quantitative estimate of drug-likeness (QED) is 0.518. The van der Waals surface area contributed by atoms with E-state index in [4.69, 9.17) is 29.3 Å². The number of rotatable bonds is 1. The molecule has 0 bridgehead atoms. The zero-order valence-electron chi connectivity index (χ0n) is 16.4. The third-order valence-corrected chi connectivity index (χ3v) is 3.98. The van der Waals surface area contributed by atoms with Gasteiger partial charge in [-0.3, -0.25) is 4.98 Å². The maximum Gasteiger partial charge on any atom is 0.490 e. The summed E-state index contributed by atoms with van der Waals surface area (Å²) in [7, 11) is 0. The number of aliphatic carboxylic acids is 2. The molecule has 182 valence electrons. The number of halogens is 6. The number of morpholine rings is 1. The summed E-state index contributed by atoms with van der Waals surface area (Å²) in [6.45, 7) is 5.67. The zero-order chi connectivity index (χ0) is 24.4. The summed E-state index contributed by atoms with van der Waals surface area (Å²) in [5.41, 5.74) is 0.918. The van der Waals surface area contributed by atoms with Crippen LogP contribution in [0.25, 0.3) is 0 Å². The number of carbonyl (C=O) groups is 2. The standard InChI is InChI=1S/C13H19N3O2.2C2HF3O2/c1-2-12(8-14-3-1)16-5-7-17-11-13(10-16)9-15-4-6-18-13;2*3-2(4,5)1(6)7/h1-3,8,15H,4-7,9-11H2;2*(H,6,7). The minimum absolute atomic E-state index is 0.218. The van der Waals surface area contributed by atoms with Gasteiger partial charge in [0.05, 0.1) is 38.2 Å². The van der Waals surface area contributed by atoms with Crippen LogP contribution in [0.1, 0.15) is 0 Å². The lowest BCUT2D eigenvalue weighted by Crippen LogP contribution is -2.57. The van der Waals surface area contributed by atoms with Crippen molar-refractivity contribution < 1.29 is 55.6 Å². The van der Waals surface area contributed by atoms with E-state index < -0.39 is 24.3 Å². The fraction of sp³-hybridized carbons (Fsp3) is 0.588. The molecule has 2 saturated heterocycles. The van der Waals surface area contributed by atoms with Crippen molar-refractivity contribution in [1.82, 2.24) is 10.3 Å². The molecular formula is C17H21F6N3O6. The van der Waals surface area contributed by atoms with Gasteiger partial charge in [-0.05, 0) is 12.1 Å². The second-order valence-electron chi connectivity index (χ2n) is 6.50. The van der Waals surface area contributed by atoms with Gasteiger partial charge in [0.2, 0.25) is 0 Å². The van der Waals surface area contributed by atoms with Crippen molar-refractivity contribution in [2.24, 2.45) is 0 Å². The van der Waals surface area contributed by atoms with Gasteiger partial charge < -0.3 is 29.9 Å². The first kappa shape index (κ1) is 27.4. The van der Waals surface area contributed by atoms with E-state index in [0.29, 0.717) is 6.61 Å². The summed E-state index contributed by atoms with van der Waals surface area (Å²) >= 11 is 0. The number of nitrogens with one attached hydrogen (secondary N) is 1. The van der Waals surface area contributed by atoms with Crippen molar-refractivity contribution in [1.29, 1.82) is 0 Å². The number of pyridine rings is 1. The van der Waals surface area contributed by atoms with Crippen LogP contribution in [0.2, 0.25) is 0 Å². The fourth-order valence-electron chi connectivity index (χ4n) is 2.57. The molecule has 0 radical (unpaired) electrons. The molecule has 0 aromatic carbocycles. The normalized spacial score (nSPS) is 21.4. The topological polar surface area (TPSA) is 121 Å². The highest BCUT2D eigenvalue weighted by Crippen LogP contribution is 2.23. The van der Waals surface area contributed by atoms with Gasteiger partial charge >= 0.3 is 24.3 Å². The van der Waals surface area contributed by atoms with Gasteiger partial charge in [-0.25, -0.2) is 9.59 Å². The molecule has 2 aliphatic heterocycles. The molecule has 1 aromatic rings. The molecule has 0 saturated carbocycles. The van der Waals surface area contributed by atoms with Crippen LogP contribution in [0.4, 0.5) is 32.0 Å². The third kappa shape index (κ3) is 9.65. The minimum Gasteiger partial charge on any atom is -0.475 e. The number of nitrogens with zero attached hydrogens (tertiary/aromatic N) is 2. The predicted molar refractivity (Wildman–Crippen MR) is 96.2 cm³/mol. The van der Waals surface area contributed by atoms with Crippen molar-refractivity contribution in [3.8, 4) is 0 Å². The molecule has 2 aliphatic rings. The van der Waals surface area contributed by atoms with E-state index >= 15 is 0 Å². The number of hydrogen-bond acceptors (Lipinski definition) is 7. The Labute approximate surface area is 177 Å². The summed E-state index contributed by atoms with van der Waals surface area (Å²) in [4.78, 5) is 24.3. The van der Waals surface area contributed by atoms with Crippen molar-refractivity contribution in [3.05, 3.63) is 24.5 Å². The average molecular weight is 477 g/mol. The second-order valence-corrected chi connectivity index (χ2v) is 6.50. The lowest BCUT2D eigenvalue weighted by Gasteiger charge is -2.39. The van der Waals surface area contributed by atoms with Crippen molar-refractivity contribution in [3.63, 3.8) is 0 Å². The number of aromatic nitrogens is 1. The summed E-state index contributed by atoms with van der Waals surface area (Å²) in [6, 6.07) is 4.05. The first-order chi connectivity index (χ1) is 14.8. The molecule has 3 N–H and O–H groups in total. The Morgan fingerprint density at radius 1 is 1.09 bits per heavy atom. The van der Waals surface area contributed by atoms with E-state index in [2.05, 4.69) is 21.3 Å². The van der Waals surface area contributed by atoms with Gasteiger partial charge in [-0.1, -0.05) is 0 Å². The van der Waals surface area contributed by atoms with Crippen LogP contribution >= 0.6 is 0 Å². The Bertz CT molecular complexity index is 702. The second kappa shape index (κ2) is 11.8. The predicted octanol–water partition coefficient (Wildman–Crippen LogP) is 1.54. The van der Waals surface area contributed by atoms with Crippen LogP contribution < -0.4 is 10.2 Å². The Kier molecular flexibility index (Phi) is 10.1. The van der Waals surface area contributed by atoms with Crippen molar-refractivity contribution in [2.75, 3.05) is 50.9 Å². The molecule has 0 aliphatic carbocycles. The van der Waals surface area contributed by atoms with Gasteiger partial charge in [0, 0.05) is 25.8 Å². The molecule has 1 spiro atoms. The molecule has 1 atom stereocenters. The van der Waals surface area contributed by atoms with E-state index in [1.807, 2.05) is 12.3 Å². The Morgan fingerprint density at radius 2 is 1.69 bits per heavy atom. The van der Waals surface area contributed by atoms with E-state index in [9.17, 15) is 26.3 Å². The minimum atomic E-state index is -5.08. The number of alkyl halides is 6. The first-order valence-electron chi connectivity index (χ1n) is 8.94. The lowest BCUT2D eigenvalue weighted by molar-refractivity contribution is -0.193. The molecule has 2 fully saturated rings. The van der Waals surface area contributed by atoms with Crippen LogP contribution in [0, 0.1) is 0 Å². The van der Waals surface area contributed by atoms with Gasteiger partial charge in [0.15, 0.2) is 0 Å². The maximum absolute atomic E-state index is 10.6. The molecule has 1 aromatic heterocycles. The summed E-state index contributed by atoms with van der Waals surface area (Å²) in [5.74, 6) is -5.51. The molecule has 9 nitrogen and oxygen atoms in total. The Morgan fingerprint density at radius 3 is 2.12 bits per heavy atom. The van der Waals surface area contributed by atoms with Crippen LogP contribution in [-0.2, 0) is 19.1 Å². The first-order valence-corrected chi connectivity index (χ1v) is 8.94. The van der Waals surface area contributed by atoms with E-state index in [1.165, 1.54) is 0 Å². The zero-order valence-corrected chi connectivity index (χ0v) is 16.4. The number of carboxylic acid groups (broad SMARTS) is 2. The molecule has 1 unspecified atom stereocenters. The third-order valence-electron chi connectivity index (χ3n) is 3.98. The summed E-state index contributed by atoms with van der Waals surface area (Å²) in [6.07, 6.45) is -6.47. The molecular weight excluding hydrogens is 456 g/mol. The van der Waals surface area contributed by atoms with Crippen LogP contribution in [-0.4, -0.2) is 91.1 Å². The van der Waals surface area contributed by atoms with E-state index in [-0.39, 0.29) is 5.60 Å². The van der Waals surface area contributed by atoms with Crippen LogP contribution in [0.3, 0.4) is 0 Å². The van der Waals surface area contributed by atoms with Crippen molar-refractivity contribution in [2.45, 2.75) is 18.0 Å². The fourth-order valence-corrected chi connectivity index (χ4v) is 2.57. The van der Waals surface area contributed by atoms with Gasteiger partial charge in [-0.2, -0.15) is 26.3 Å². The average Bonchev–Trinajstić information content (AvgIpc) is 2.91. The van der Waals surface area contributed by atoms with E-state index in [1.54, 1.807) is 6.20 Å². The van der Waals surface area contributed by atoms with Gasteiger partial charge in [0.25, 0.3) is 0 Å². The summed E-state index contributed by atoms with van der Waals surface area (Å²) in [5, 5.41) is 17.6. The SMILES string of the molecule is O=C(O)C(F)(F)F.O=C(O)C(F)(F)F.c1cncc(N2CCOCC3(CNCCO3)C2)c1. The molecule has 15 heteroatoms. The Balaban J connectivity index is 0.000000305. The Hall–Kier alpha value is -2.65. The number of anilines is 1. The smallest absolute Gasteiger partial charge is 0.475 e. The lowest BCUT2D eigenvalue weighted by atomic mass is 10.0. The van der Waals surface area contributed by atoms with Gasteiger partial charge in [0.1, 0.15) is 5.60 Å². The highest BCUT2D eigenvalue weighted by molar-refractivity contribution is 5.73. The van der Waals surface area contributed by atoms with E-state index in [0.717, 1.165) is 45.1 Å². The number of ether oxygens (including phenoxy) is 2. The van der Waals surface area contributed by atoms with Crippen LogP contribution in [0.5, 0.6) is 0 Å². The maximum atomic E-state index is 10.6. The van der Waals surface area contributed by atoms with Crippen LogP contribution in [0.15, 0.2) is 24.5 Å². The highest BCUT2D eigenvalue weighted by Gasteiger charge is 2.39. The molecule has 0 amide bonds.